The minimum Gasteiger partial charge on any atom is -0.389 e. The van der Waals surface area contributed by atoms with Crippen molar-refractivity contribution in [3.8, 4) is 0 Å². The van der Waals surface area contributed by atoms with Gasteiger partial charge in [-0.05, 0) is 31.6 Å². The first-order chi connectivity index (χ1) is 7.68. The van der Waals surface area contributed by atoms with E-state index in [9.17, 15) is 5.11 Å². The molecule has 0 aromatic rings. The van der Waals surface area contributed by atoms with Gasteiger partial charge in [-0.25, -0.2) is 0 Å². The normalized spacial score (nSPS) is 34.9. The largest absolute Gasteiger partial charge is 0.389 e. The highest BCUT2D eigenvalue weighted by Crippen LogP contribution is 2.37. The van der Waals surface area contributed by atoms with Crippen molar-refractivity contribution in [2.45, 2.75) is 75.6 Å². The van der Waals surface area contributed by atoms with Crippen molar-refractivity contribution >= 4 is 11.8 Å². The van der Waals surface area contributed by atoms with Gasteiger partial charge < -0.3 is 5.11 Å². The van der Waals surface area contributed by atoms with Crippen molar-refractivity contribution in [3.05, 3.63) is 0 Å². The third-order valence-electron chi connectivity index (χ3n) is 4.26. The predicted molar refractivity (Wildman–Crippen MR) is 71.9 cm³/mol. The Morgan fingerprint density at radius 1 is 1.12 bits per heavy atom. The molecule has 0 spiro atoms. The molecule has 2 unspecified atom stereocenters. The van der Waals surface area contributed by atoms with Gasteiger partial charge in [-0.2, -0.15) is 11.8 Å². The van der Waals surface area contributed by atoms with Crippen LogP contribution in [0.25, 0.3) is 0 Å². The van der Waals surface area contributed by atoms with Gasteiger partial charge in [-0.3, -0.25) is 0 Å². The second-order valence-corrected chi connectivity index (χ2v) is 7.28. The Hall–Kier alpha value is 0.310. The van der Waals surface area contributed by atoms with Crippen LogP contribution < -0.4 is 0 Å². The maximum atomic E-state index is 10.4. The third kappa shape index (κ3) is 3.66. The third-order valence-corrected chi connectivity index (χ3v) is 5.86. The number of hydrogen-bond acceptors (Lipinski definition) is 2. The quantitative estimate of drug-likeness (QED) is 0.807. The number of thioether (sulfide) groups is 1. The lowest BCUT2D eigenvalue weighted by atomic mass is 9.86. The number of aliphatic hydroxyl groups is 1. The summed E-state index contributed by atoms with van der Waals surface area (Å²) in [5, 5.41) is 11.3. The lowest BCUT2D eigenvalue weighted by Crippen LogP contribution is -2.35. The van der Waals surface area contributed by atoms with Crippen molar-refractivity contribution < 1.29 is 5.11 Å². The van der Waals surface area contributed by atoms with E-state index in [1.165, 1.54) is 44.9 Å². The van der Waals surface area contributed by atoms with Crippen molar-refractivity contribution in [2.24, 2.45) is 5.92 Å². The summed E-state index contributed by atoms with van der Waals surface area (Å²) in [6.45, 7) is 2.38. The van der Waals surface area contributed by atoms with E-state index in [-0.39, 0.29) is 5.60 Å². The lowest BCUT2D eigenvalue weighted by Gasteiger charge is -2.34. The molecule has 0 saturated heterocycles. The lowest BCUT2D eigenvalue weighted by molar-refractivity contribution is 0.0271. The molecule has 2 heteroatoms. The molecule has 1 N–H and O–H groups in total. The van der Waals surface area contributed by atoms with Crippen LogP contribution in [0.2, 0.25) is 0 Å². The Balaban J connectivity index is 1.73. The van der Waals surface area contributed by atoms with Gasteiger partial charge in [0, 0.05) is 11.0 Å². The Morgan fingerprint density at radius 3 is 2.56 bits per heavy atom. The predicted octanol–water partition coefficient (Wildman–Crippen LogP) is 3.99. The highest BCUT2D eigenvalue weighted by molar-refractivity contribution is 7.99. The van der Waals surface area contributed by atoms with Gasteiger partial charge in [-0.1, -0.05) is 39.0 Å². The fourth-order valence-corrected chi connectivity index (χ4v) is 4.79. The molecule has 0 aromatic carbocycles. The van der Waals surface area contributed by atoms with E-state index in [1.807, 2.05) is 0 Å². The summed E-state index contributed by atoms with van der Waals surface area (Å²) in [5.41, 5.74) is -0.316. The van der Waals surface area contributed by atoms with Crippen LogP contribution in [0.3, 0.4) is 0 Å². The first kappa shape index (κ1) is 12.8. The average molecular weight is 242 g/mol. The molecule has 0 aromatic heterocycles. The summed E-state index contributed by atoms with van der Waals surface area (Å²) in [4.78, 5) is 0. The summed E-state index contributed by atoms with van der Waals surface area (Å²) in [6.07, 6.45) is 11.5. The standard InChI is InChI=1S/C14H26OS/c1-12-6-5-7-13(10-12)16-11-14(15)8-3-2-4-9-14/h12-13,15H,2-11H2,1H3. The second kappa shape index (κ2) is 5.77. The summed E-state index contributed by atoms with van der Waals surface area (Å²) >= 11 is 2.06. The molecular weight excluding hydrogens is 216 g/mol. The Morgan fingerprint density at radius 2 is 1.88 bits per heavy atom. The SMILES string of the molecule is CC1CCCC(SCC2(O)CCCCC2)C1. The van der Waals surface area contributed by atoms with Gasteiger partial charge >= 0.3 is 0 Å². The van der Waals surface area contributed by atoms with E-state index in [0.717, 1.165) is 29.8 Å². The Kier molecular flexibility index (Phi) is 4.60. The first-order valence-electron chi connectivity index (χ1n) is 7.02. The second-order valence-electron chi connectivity index (χ2n) is 5.99. The van der Waals surface area contributed by atoms with Gasteiger partial charge in [-0.15, -0.1) is 0 Å². The van der Waals surface area contributed by atoms with Gasteiger partial charge in [0.15, 0.2) is 0 Å². The summed E-state index contributed by atoms with van der Waals surface area (Å²) in [5.74, 6) is 1.90. The zero-order valence-electron chi connectivity index (χ0n) is 10.6. The van der Waals surface area contributed by atoms with Gasteiger partial charge in [0.1, 0.15) is 0 Å². The Bertz CT molecular complexity index is 211. The van der Waals surface area contributed by atoms with E-state index in [4.69, 9.17) is 0 Å². The molecule has 2 saturated carbocycles. The van der Waals surface area contributed by atoms with Crippen LogP contribution in [-0.2, 0) is 0 Å². The van der Waals surface area contributed by atoms with Crippen LogP contribution in [-0.4, -0.2) is 21.7 Å². The van der Waals surface area contributed by atoms with Gasteiger partial charge in [0.25, 0.3) is 0 Å². The molecule has 2 fully saturated rings. The van der Waals surface area contributed by atoms with E-state index < -0.39 is 0 Å². The first-order valence-corrected chi connectivity index (χ1v) is 8.07. The molecule has 0 bridgehead atoms. The van der Waals surface area contributed by atoms with Gasteiger partial charge in [0.2, 0.25) is 0 Å². The zero-order valence-corrected chi connectivity index (χ0v) is 11.4. The molecule has 2 rings (SSSR count). The minimum absolute atomic E-state index is 0.316. The van der Waals surface area contributed by atoms with E-state index in [0.29, 0.717) is 0 Å². The molecule has 16 heavy (non-hydrogen) atoms. The molecule has 0 heterocycles. The Labute approximate surface area is 104 Å². The topological polar surface area (TPSA) is 20.2 Å². The molecule has 2 atom stereocenters. The van der Waals surface area contributed by atoms with E-state index in [1.54, 1.807) is 0 Å². The van der Waals surface area contributed by atoms with Crippen molar-refractivity contribution in [2.75, 3.05) is 5.75 Å². The highest BCUT2D eigenvalue weighted by Gasteiger charge is 2.30. The van der Waals surface area contributed by atoms with Crippen LogP contribution >= 0.6 is 11.8 Å². The van der Waals surface area contributed by atoms with Crippen LogP contribution in [0.15, 0.2) is 0 Å². The minimum atomic E-state index is -0.316. The molecule has 2 aliphatic rings. The van der Waals surface area contributed by atoms with Crippen LogP contribution in [0, 0.1) is 5.92 Å². The van der Waals surface area contributed by atoms with E-state index >= 15 is 0 Å². The van der Waals surface area contributed by atoms with E-state index in [2.05, 4.69) is 18.7 Å². The van der Waals surface area contributed by atoms with Crippen molar-refractivity contribution in [3.63, 3.8) is 0 Å². The van der Waals surface area contributed by atoms with Crippen molar-refractivity contribution in [1.29, 1.82) is 0 Å². The molecule has 0 aliphatic heterocycles. The van der Waals surface area contributed by atoms with Crippen LogP contribution in [0.4, 0.5) is 0 Å². The zero-order chi connectivity index (χ0) is 11.4. The van der Waals surface area contributed by atoms with Crippen molar-refractivity contribution in [1.82, 2.24) is 0 Å². The molecule has 0 radical (unpaired) electrons. The molecule has 0 amide bonds. The van der Waals surface area contributed by atoms with Gasteiger partial charge in [0.05, 0.1) is 5.60 Å². The molecule has 2 aliphatic carbocycles. The van der Waals surface area contributed by atoms with Crippen LogP contribution in [0.5, 0.6) is 0 Å². The average Bonchev–Trinajstić information content (AvgIpc) is 2.28. The fraction of sp³-hybridized carbons (Fsp3) is 1.00. The summed E-state index contributed by atoms with van der Waals surface area (Å²) < 4.78 is 0. The summed E-state index contributed by atoms with van der Waals surface area (Å²) in [6, 6.07) is 0. The fourth-order valence-electron chi connectivity index (χ4n) is 3.16. The summed E-state index contributed by atoms with van der Waals surface area (Å²) in [7, 11) is 0. The molecule has 94 valence electrons. The molecule has 1 nitrogen and oxygen atoms in total. The monoisotopic (exact) mass is 242 g/mol. The van der Waals surface area contributed by atoms with Crippen LogP contribution in [0.1, 0.15) is 64.7 Å². The molecular formula is C14H26OS. The number of hydrogen-bond donors (Lipinski definition) is 1. The maximum Gasteiger partial charge on any atom is 0.0737 e. The maximum absolute atomic E-state index is 10.4. The number of rotatable bonds is 3. The highest BCUT2D eigenvalue weighted by atomic mass is 32.2. The smallest absolute Gasteiger partial charge is 0.0737 e.